The molecule has 6 aliphatic carbocycles. The minimum absolute atomic E-state index is 0.234. The van der Waals surface area contributed by atoms with Crippen molar-refractivity contribution in [2.75, 3.05) is 47.8 Å². The monoisotopic (exact) mass is 1640 g/mol. The summed E-state index contributed by atoms with van der Waals surface area (Å²) in [5.41, 5.74) is 25.4. The van der Waals surface area contributed by atoms with E-state index in [9.17, 15) is 34.2 Å². The number of aryl methyl sites for hydroxylation is 8. The van der Waals surface area contributed by atoms with E-state index in [2.05, 4.69) is 129 Å². The Morgan fingerprint density at radius 2 is 0.686 bits per heavy atom. The van der Waals surface area contributed by atoms with E-state index in [0.29, 0.717) is 40.8 Å². The van der Waals surface area contributed by atoms with E-state index >= 15 is 0 Å². The summed E-state index contributed by atoms with van der Waals surface area (Å²) in [4.78, 5) is 60.0. The van der Waals surface area contributed by atoms with Gasteiger partial charge in [-0.25, -0.2) is 19.2 Å². The highest BCUT2D eigenvalue weighted by molar-refractivity contribution is 5.88. The Kier molecular flexibility index (Phi) is 26.9. The molecule has 18 nitrogen and oxygen atoms in total. The first-order chi connectivity index (χ1) is 58.2. The summed E-state index contributed by atoms with van der Waals surface area (Å²) in [6.45, 7) is 27.1. The lowest BCUT2D eigenvalue weighted by atomic mass is 9.85. The number of ether oxygens (including phenoxy) is 11. The van der Waals surface area contributed by atoms with Crippen LogP contribution in [0, 0.1) is 27.7 Å². The Morgan fingerprint density at radius 1 is 0.397 bits per heavy atom. The van der Waals surface area contributed by atoms with E-state index < -0.39 is 42.3 Å². The first kappa shape index (κ1) is 86.8. The Balaban J connectivity index is 0.000000128. The molecule has 121 heavy (non-hydrogen) atoms. The van der Waals surface area contributed by atoms with Gasteiger partial charge in [-0.05, 0) is 367 Å². The van der Waals surface area contributed by atoms with Gasteiger partial charge >= 0.3 is 29.8 Å². The number of hydrogen-bond donors (Lipinski definition) is 2. The lowest BCUT2D eigenvalue weighted by Crippen LogP contribution is -2.25. The number of hydrogen-bond acceptors (Lipinski definition) is 17. The number of esters is 4. The molecule has 638 valence electrons. The van der Waals surface area contributed by atoms with Crippen LogP contribution in [0.25, 0.3) is 44.5 Å². The Morgan fingerprint density at radius 3 is 0.959 bits per heavy atom. The van der Waals surface area contributed by atoms with Gasteiger partial charge in [0.05, 0.1) is 70.5 Å². The summed E-state index contributed by atoms with van der Waals surface area (Å²) >= 11 is 0. The van der Waals surface area contributed by atoms with E-state index in [-0.39, 0.29) is 23.1 Å². The number of aliphatic hydroxyl groups is 1. The quantitative estimate of drug-likeness (QED) is 0.0345. The molecule has 4 aliphatic heterocycles. The van der Waals surface area contributed by atoms with Crippen molar-refractivity contribution in [3.63, 3.8) is 0 Å². The molecule has 2 N–H and O–H groups in total. The van der Waals surface area contributed by atoms with Crippen molar-refractivity contribution < 1.29 is 86.3 Å². The summed E-state index contributed by atoms with van der Waals surface area (Å²) in [5.74, 6) is 4.30. The van der Waals surface area contributed by atoms with Gasteiger partial charge in [0.1, 0.15) is 23.0 Å². The molecule has 0 radical (unpaired) electrons. The van der Waals surface area contributed by atoms with Crippen molar-refractivity contribution in [3.05, 3.63) is 235 Å². The van der Waals surface area contributed by atoms with E-state index in [1.807, 2.05) is 52.0 Å². The first-order valence-corrected chi connectivity index (χ1v) is 43.4. The minimum atomic E-state index is -1.28. The summed E-state index contributed by atoms with van der Waals surface area (Å²) in [6, 6.07) is 42.5. The van der Waals surface area contributed by atoms with Gasteiger partial charge in [-0.2, -0.15) is 0 Å². The van der Waals surface area contributed by atoms with Crippen molar-refractivity contribution in [2.45, 2.75) is 250 Å². The number of carboxylic acid groups (broad SMARTS) is 1. The number of carbonyl (C=O) groups excluding carboxylic acids is 4. The zero-order valence-corrected chi connectivity index (χ0v) is 72.5. The van der Waals surface area contributed by atoms with Crippen molar-refractivity contribution in [3.8, 4) is 67.5 Å². The first-order valence-electron chi connectivity index (χ1n) is 43.4. The fourth-order valence-electron chi connectivity index (χ4n) is 17.3. The van der Waals surface area contributed by atoms with Crippen LogP contribution in [0.15, 0.2) is 146 Å². The van der Waals surface area contributed by atoms with Crippen LogP contribution in [0.4, 0.5) is 0 Å². The molecule has 4 atom stereocenters. The van der Waals surface area contributed by atoms with E-state index in [4.69, 9.17) is 47.4 Å². The number of methoxy groups -OCH3 is 3. The minimum Gasteiger partial charge on any atom is -0.493 e. The molecule has 18 rings (SSSR count). The van der Waals surface area contributed by atoms with Gasteiger partial charge in [0.15, 0.2) is 18.3 Å². The largest absolute Gasteiger partial charge is 0.493 e. The second kappa shape index (κ2) is 37.4. The highest BCUT2D eigenvalue weighted by atomic mass is 16.6. The SMILES string of the molecule is C=C(C)OC(C(=O)OC)c1c(C)ccc(C2CC2)c1-c1ccc2c(c1)CCCO2.C=C(C)OC(C)=O.COC(=O)C(O)c1c(C)ccc(C2CC2)c1-c1ccc2c(c1)CCCO2.COC(=O)C(OC1(C)CC1)c1c(C)ccc(C2CC2)c1-c1ccc2c(c1)CCCO2.Cc1ccc(C2CC2)c(-c2ccc3c(c2)CCCO3)c1C(OC1(C)CC1)C(=O)O. The maximum atomic E-state index is 12.9. The summed E-state index contributed by atoms with van der Waals surface area (Å²) in [6.07, 6.45) is 17.5. The highest BCUT2D eigenvalue weighted by Gasteiger charge is 2.47. The average Bonchev–Trinajstić information content (AvgIpc) is 1.46. The van der Waals surface area contributed by atoms with Crippen molar-refractivity contribution >= 4 is 29.8 Å². The predicted molar refractivity (Wildman–Crippen MR) is 466 cm³/mol. The fraction of sp³-hybridized carbons (Fsp3) is 0.447. The second-order valence-corrected chi connectivity index (χ2v) is 34.9. The third kappa shape index (κ3) is 20.6. The standard InChI is InChI=1S/C26H30O4.2C25H28O4.C22H24O4.C5H8O2/c1-16-6-10-20(17-7-8-17)23(19-9-11-21-18(15-19)5-4-14-29-21)22(16)24(25(27)28-3)30-26(2)12-13-26;1-15-5-9-19(16-6-7-16)22(18-8-10-20-17(14-18)4-3-13-28-20)21(15)23(24(26)27)29-25(2)11-12-25;1-15(2)29-24(25(26)27-4)22-16(3)7-11-20(17-8-9-17)23(22)19-10-12-21-18(14-19)6-5-13-28-21;1-13-5-9-17(14-6-7-14)20(19(13)21(23)22(24)25-2)16-8-10-18-15(12-16)4-3-11-26-18;1-4(2)7-5(3)6/h6,9-11,15,17,24H,4-5,7-8,12-14H2,1-3H3;5,8-10,14,16,23H,3-4,6-7,11-13H2,1-2H3,(H,26,27);7,10-12,14,17,24H,1,5-6,8-9,13H2,2-4H3;5,8-10,12,14,21,23H,3-4,6-7,11H2,1-2H3;1H2,2-3H3. The van der Waals surface area contributed by atoms with Crippen LogP contribution in [0.2, 0.25) is 0 Å². The van der Waals surface area contributed by atoms with E-state index in [1.54, 1.807) is 13.8 Å². The van der Waals surface area contributed by atoms with E-state index in [0.717, 1.165) is 223 Å². The summed E-state index contributed by atoms with van der Waals surface area (Å²) in [7, 11) is 4.15. The molecule has 4 unspecified atom stereocenters. The van der Waals surface area contributed by atoms with Gasteiger partial charge in [0.2, 0.25) is 6.10 Å². The number of carboxylic acids is 1. The fourth-order valence-corrected chi connectivity index (χ4v) is 17.3. The number of fused-ring (bicyclic) bond motifs is 4. The molecule has 10 aliphatic rings. The van der Waals surface area contributed by atoms with Crippen LogP contribution >= 0.6 is 0 Å². The maximum absolute atomic E-state index is 12.9. The summed E-state index contributed by atoms with van der Waals surface area (Å²) in [5, 5.41) is 20.8. The van der Waals surface area contributed by atoms with Gasteiger partial charge in [0.25, 0.3) is 0 Å². The average molecular weight is 1640 g/mol. The van der Waals surface area contributed by atoms with Crippen molar-refractivity contribution in [2.24, 2.45) is 0 Å². The molecule has 0 amide bonds. The van der Waals surface area contributed by atoms with Crippen LogP contribution in [0.1, 0.15) is 274 Å². The maximum Gasteiger partial charge on any atom is 0.351 e. The molecule has 0 bridgehead atoms. The Hall–Kier alpha value is -10.5. The van der Waals surface area contributed by atoms with Crippen LogP contribution in [0.5, 0.6) is 23.0 Å². The lowest BCUT2D eigenvalue weighted by molar-refractivity contribution is -0.160. The number of aliphatic carboxylic acids is 1. The second-order valence-electron chi connectivity index (χ2n) is 34.9. The number of benzene rings is 8. The number of carbonyl (C=O) groups is 5. The molecule has 18 heteroatoms. The van der Waals surface area contributed by atoms with Gasteiger partial charge < -0.3 is 62.3 Å². The molecule has 0 aromatic heterocycles. The number of rotatable bonds is 23. The summed E-state index contributed by atoms with van der Waals surface area (Å²) < 4.78 is 61.2. The molecule has 0 saturated heterocycles. The predicted octanol–water partition coefficient (Wildman–Crippen LogP) is 22.0. The zero-order valence-electron chi connectivity index (χ0n) is 72.5. The molecule has 0 spiro atoms. The normalized spacial score (nSPS) is 18.0. The molecule has 8 aromatic rings. The third-order valence-corrected chi connectivity index (χ3v) is 24.7. The zero-order chi connectivity index (χ0) is 85.7. The highest BCUT2D eigenvalue weighted by Crippen LogP contribution is 2.55. The Labute approximate surface area is 712 Å². The van der Waals surface area contributed by atoms with Crippen LogP contribution in [-0.2, 0) is 82.8 Å². The van der Waals surface area contributed by atoms with Gasteiger partial charge in [-0.3, -0.25) is 4.79 Å². The number of aliphatic hydroxyl groups excluding tert-OH is 1. The van der Waals surface area contributed by atoms with Gasteiger partial charge in [-0.15, -0.1) is 0 Å². The third-order valence-electron chi connectivity index (χ3n) is 24.7. The molecular weight excluding hydrogens is 1530 g/mol. The molecule has 6 saturated carbocycles. The van der Waals surface area contributed by atoms with Gasteiger partial charge in [-0.1, -0.05) is 86.0 Å². The molecule has 4 heterocycles. The van der Waals surface area contributed by atoms with Gasteiger partial charge in [0, 0.05) is 29.2 Å². The van der Waals surface area contributed by atoms with Crippen LogP contribution in [0.3, 0.4) is 0 Å². The van der Waals surface area contributed by atoms with Crippen LogP contribution < -0.4 is 18.9 Å². The van der Waals surface area contributed by atoms with Crippen molar-refractivity contribution in [1.29, 1.82) is 0 Å². The molecular formula is C103H118O18. The smallest absolute Gasteiger partial charge is 0.351 e. The van der Waals surface area contributed by atoms with Crippen molar-refractivity contribution in [1.82, 2.24) is 0 Å². The molecule has 8 aromatic carbocycles. The molecule has 6 fully saturated rings. The van der Waals surface area contributed by atoms with E-state index in [1.165, 1.54) is 111 Å². The number of allylic oxidation sites excluding steroid dienone is 2. The topological polar surface area (TPSA) is 227 Å². The lowest BCUT2D eigenvalue weighted by Gasteiger charge is -2.27. The Bertz CT molecular complexity index is 5240. The van der Waals surface area contributed by atoms with Crippen LogP contribution in [-0.4, -0.2) is 99.0 Å².